The monoisotopic (exact) mass is 203 g/mol. The fraction of sp³-hybridized carbons (Fsp3) is 0.500. The van der Waals surface area contributed by atoms with Crippen LogP contribution in [0.15, 0.2) is 18.2 Å². The number of aromatic nitrogens is 1. The summed E-state index contributed by atoms with van der Waals surface area (Å²) in [5, 5.41) is 0. The quantitative estimate of drug-likeness (QED) is 0.719. The molecule has 1 heterocycles. The predicted octanol–water partition coefficient (Wildman–Crippen LogP) is 4.15. The zero-order valence-corrected chi connectivity index (χ0v) is 10.5. The van der Waals surface area contributed by atoms with Gasteiger partial charge < -0.3 is 0 Å². The molecule has 0 saturated heterocycles. The molecule has 0 spiro atoms. The van der Waals surface area contributed by atoms with Gasteiger partial charge in [0, 0.05) is 11.4 Å². The predicted molar refractivity (Wildman–Crippen MR) is 66.8 cm³/mol. The fourth-order valence-corrected chi connectivity index (χ4v) is 1.74. The summed E-state index contributed by atoms with van der Waals surface area (Å²) < 4.78 is 0. The second kappa shape index (κ2) is 5.11. The first-order chi connectivity index (χ1) is 7.04. The van der Waals surface area contributed by atoms with Crippen molar-refractivity contribution in [3.8, 4) is 0 Å². The molecule has 0 fully saturated rings. The van der Waals surface area contributed by atoms with Crippen molar-refractivity contribution in [1.82, 2.24) is 4.98 Å². The van der Waals surface area contributed by atoms with Gasteiger partial charge in [-0.15, -0.1) is 0 Å². The van der Waals surface area contributed by atoms with Gasteiger partial charge in [0.2, 0.25) is 0 Å². The van der Waals surface area contributed by atoms with E-state index in [1.54, 1.807) is 0 Å². The van der Waals surface area contributed by atoms with E-state index < -0.39 is 0 Å². The van der Waals surface area contributed by atoms with Crippen LogP contribution in [0, 0.1) is 19.8 Å². The lowest BCUT2D eigenvalue weighted by molar-refractivity contribution is 0.699. The SMILES string of the molecule is CCC(C)/C=C(/C)c1ccc(C)nc1C. The molecule has 0 N–H and O–H groups in total. The molecular formula is C14H21N. The largest absolute Gasteiger partial charge is 0.258 e. The number of hydrogen-bond donors (Lipinski definition) is 0. The summed E-state index contributed by atoms with van der Waals surface area (Å²) in [4.78, 5) is 4.49. The second-order valence-electron chi connectivity index (χ2n) is 4.32. The standard InChI is InChI=1S/C14H21N/c1-6-10(2)9-11(3)14-8-7-12(4)15-13(14)5/h7-10H,6H2,1-5H3/b11-9-. The van der Waals surface area contributed by atoms with Crippen LogP contribution in [0.25, 0.3) is 5.57 Å². The molecule has 0 amide bonds. The van der Waals surface area contributed by atoms with Crippen molar-refractivity contribution >= 4 is 5.57 Å². The van der Waals surface area contributed by atoms with E-state index in [4.69, 9.17) is 0 Å². The van der Waals surface area contributed by atoms with Gasteiger partial charge in [0.05, 0.1) is 0 Å². The van der Waals surface area contributed by atoms with Crippen LogP contribution in [-0.4, -0.2) is 4.98 Å². The molecule has 1 atom stereocenters. The van der Waals surface area contributed by atoms with Crippen molar-refractivity contribution in [2.75, 3.05) is 0 Å². The van der Waals surface area contributed by atoms with Crippen molar-refractivity contribution in [3.63, 3.8) is 0 Å². The zero-order chi connectivity index (χ0) is 11.4. The third-order valence-electron chi connectivity index (χ3n) is 2.83. The number of nitrogens with zero attached hydrogens (tertiary/aromatic N) is 1. The van der Waals surface area contributed by atoms with E-state index in [2.05, 4.69) is 50.9 Å². The van der Waals surface area contributed by atoms with E-state index >= 15 is 0 Å². The highest BCUT2D eigenvalue weighted by atomic mass is 14.7. The zero-order valence-electron chi connectivity index (χ0n) is 10.5. The van der Waals surface area contributed by atoms with Gasteiger partial charge in [0.15, 0.2) is 0 Å². The van der Waals surface area contributed by atoms with Gasteiger partial charge in [0.25, 0.3) is 0 Å². The summed E-state index contributed by atoms with van der Waals surface area (Å²) in [5.41, 5.74) is 4.84. The van der Waals surface area contributed by atoms with Gasteiger partial charge in [0.1, 0.15) is 0 Å². The van der Waals surface area contributed by atoms with Crippen LogP contribution >= 0.6 is 0 Å². The van der Waals surface area contributed by atoms with Crippen LogP contribution in [0.1, 0.15) is 44.1 Å². The molecule has 15 heavy (non-hydrogen) atoms. The number of allylic oxidation sites excluding steroid dienone is 2. The fourth-order valence-electron chi connectivity index (χ4n) is 1.74. The van der Waals surface area contributed by atoms with Crippen LogP contribution in [0.2, 0.25) is 0 Å². The average molecular weight is 203 g/mol. The number of aryl methyl sites for hydroxylation is 2. The smallest absolute Gasteiger partial charge is 0.0450 e. The molecule has 1 aromatic heterocycles. The first-order valence-electron chi connectivity index (χ1n) is 5.67. The van der Waals surface area contributed by atoms with Gasteiger partial charge in [-0.2, -0.15) is 0 Å². The first-order valence-corrected chi connectivity index (χ1v) is 5.67. The Morgan fingerprint density at radius 1 is 1.40 bits per heavy atom. The first kappa shape index (κ1) is 12.0. The van der Waals surface area contributed by atoms with E-state index in [1.165, 1.54) is 17.6 Å². The number of rotatable bonds is 3. The number of pyridine rings is 1. The Hall–Kier alpha value is -1.11. The summed E-state index contributed by atoms with van der Waals surface area (Å²) in [7, 11) is 0. The molecule has 1 rings (SSSR count). The summed E-state index contributed by atoms with van der Waals surface area (Å²) in [5.74, 6) is 0.644. The minimum absolute atomic E-state index is 0.644. The Morgan fingerprint density at radius 3 is 2.60 bits per heavy atom. The normalized spacial score (nSPS) is 14.1. The average Bonchev–Trinajstić information content (AvgIpc) is 2.17. The Kier molecular flexibility index (Phi) is 4.07. The van der Waals surface area contributed by atoms with Gasteiger partial charge in [-0.3, -0.25) is 4.98 Å². The van der Waals surface area contributed by atoms with E-state index in [0.29, 0.717) is 5.92 Å². The highest BCUT2D eigenvalue weighted by molar-refractivity contribution is 5.65. The summed E-state index contributed by atoms with van der Waals surface area (Å²) >= 11 is 0. The van der Waals surface area contributed by atoms with Crippen molar-refractivity contribution in [2.45, 2.75) is 41.0 Å². The van der Waals surface area contributed by atoms with Crippen LogP contribution in [0.4, 0.5) is 0 Å². The minimum Gasteiger partial charge on any atom is -0.258 e. The molecule has 1 unspecified atom stereocenters. The third kappa shape index (κ3) is 3.19. The molecule has 1 aromatic rings. The van der Waals surface area contributed by atoms with Gasteiger partial charge in [-0.05, 0) is 43.9 Å². The molecule has 1 nitrogen and oxygen atoms in total. The lowest BCUT2D eigenvalue weighted by Gasteiger charge is -2.09. The van der Waals surface area contributed by atoms with E-state index in [1.807, 2.05) is 6.92 Å². The van der Waals surface area contributed by atoms with Crippen molar-refractivity contribution in [3.05, 3.63) is 35.2 Å². The van der Waals surface area contributed by atoms with E-state index in [0.717, 1.165) is 11.4 Å². The van der Waals surface area contributed by atoms with Crippen molar-refractivity contribution in [1.29, 1.82) is 0 Å². The van der Waals surface area contributed by atoms with Crippen LogP contribution < -0.4 is 0 Å². The Morgan fingerprint density at radius 2 is 2.07 bits per heavy atom. The van der Waals surface area contributed by atoms with E-state index in [-0.39, 0.29) is 0 Å². The summed E-state index contributed by atoms with van der Waals surface area (Å²) in [6, 6.07) is 4.25. The Balaban J connectivity index is 3.01. The topological polar surface area (TPSA) is 12.9 Å². The molecular weight excluding hydrogens is 182 g/mol. The maximum Gasteiger partial charge on any atom is 0.0450 e. The molecule has 0 aliphatic heterocycles. The Bertz CT molecular complexity index is 364. The van der Waals surface area contributed by atoms with E-state index in [9.17, 15) is 0 Å². The van der Waals surface area contributed by atoms with Crippen molar-refractivity contribution < 1.29 is 0 Å². The van der Waals surface area contributed by atoms with Crippen LogP contribution in [0.5, 0.6) is 0 Å². The molecule has 0 aliphatic carbocycles. The summed E-state index contributed by atoms with van der Waals surface area (Å²) in [6.07, 6.45) is 3.52. The van der Waals surface area contributed by atoms with Gasteiger partial charge >= 0.3 is 0 Å². The van der Waals surface area contributed by atoms with Crippen LogP contribution in [-0.2, 0) is 0 Å². The van der Waals surface area contributed by atoms with Crippen molar-refractivity contribution in [2.24, 2.45) is 5.92 Å². The maximum absolute atomic E-state index is 4.49. The lowest BCUT2D eigenvalue weighted by atomic mass is 9.99. The second-order valence-corrected chi connectivity index (χ2v) is 4.32. The molecule has 0 aromatic carbocycles. The highest BCUT2D eigenvalue weighted by Gasteiger charge is 2.03. The van der Waals surface area contributed by atoms with Crippen LogP contribution in [0.3, 0.4) is 0 Å². The molecule has 0 aliphatic rings. The molecule has 82 valence electrons. The molecule has 0 radical (unpaired) electrons. The molecule has 0 bridgehead atoms. The lowest BCUT2D eigenvalue weighted by Crippen LogP contribution is -1.94. The minimum atomic E-state index is 0.644. The van der Waals surface area contributed by atoms with Gasteiger partial charge in [-0.25, -0.2) is 0 Å². The molecule has 1 heteroatoms. The third-order valence-corrected chi connectivity index (χ3v) is 2.83. The Labute approximate surface area is 93.2 Å². The highest BCUT2D eigenvalue weighted by Crippen LogP contribution is 2.20. The van der Waals surface area contributed by atoms with Gasteiger partial charge in [-0.1, -0.05) is 32.4 Å². The summed E-state index contributed by atoms with van der Waals surface area (Å²) in [6.45, 7) is 10.8. The maximum atomic E-state index is 4.49. The molecule has 0 saturated carbocycles. The number of hydrogen-bond acceptors (Lipinski definition) is 1.